The van der Waals surface area contributed by atoms with Gasteiger partial charge in [-0.15, -0.1) is 21.5 Å². The van der Waals surface area contributed by atoms with Crippen LogP contribution in [0.3, 0.4) is 0 Å². The number of nitro benzene ring substituents is 1. The molecule has 7 nitrogen and oxygen atoms in total. The lowest BCUT2D eigenvalue weighted by molar-refractivity contribution is -0.384. The van der Waals surface area contributed by atoms with Crippen molar-refractivity contribution < 1.29 is 14.1 Å². The first-order chi connectivity index (χ1) is 12.0. The number of hydrogen-bond acceptors (Lipinski definition) is 8. The number of nitro groups is 1. The number of aryl methyl sites for hydroxylation is 1. The number of thiophene rings is 1. The molecule has 128 valence electrons. The van der Waals surface area contributed by atoms with E-state index in [4.69, 9.17) is 4.42 Å². The molecule has 3 rings (SSSR count). The fraction of sp³-hybridized carbons (Fsp3) is 0.188. The number of aldehydes is 1. The summed E-state index contributed by atoms with van der Waals surface area (Å²) in [5, 5.41) is 19.2. The maximum absolute atomic E-state index is 10.9. The van der Waals surface area contributed by atoms with Crippen LogP contribution in [0.4, 0.5) is 5.69 Å². The lowest BCUT2D eigenvalue weighted by Gasteiger charge is -2.08. The van der Waals surface area contributed by atoms with Crippen molar-refractivity contribution in [2.45, 2.75) is 24.3 Å². The number of rotatable bonds is 6. The van der Waals surface area contributed by atoms with E-state index in [1.165, 1.54) is 35.2 Å². The highest BCUT2D eigenvalue weighted by Gasteiger charge is 2.18. The van der Waals surface area contributed by atoms with Gasteiger partial charge in [0.15, 0.2) is 6.29 Å². The SMILES string of the molecule is Cc1cc(C=O)sc1-c1nnc(SC(C)c2cccc([N+](=O)[O-])c2)o1. The Balaban J connectivity index is 1.79. The second-order valence-electron chi connectivity index (χ2n) is 5.26. The van der Waals surface area contributed by atoms with Crippen LogP contribution in [0.1, 0.15) is 33.0 Å². The van der Waals surface area contributed by atoms with Crippen LogP contribution in [0.25, 0.3) is 10.8 Å². The summed E-state index contributed by atoms with van der Waals surface area (Å²) in [7, 11) is 0. The molecule has 25 heavy (non-hydrogen) atoms. The van der Waals surface area contributed by atoms with Crippen molar-refractivity contribution in [3.05, 3.63) is 56.5 Å². The van der Waals surface area contributed by atoms with Crippen LogP contribution in [0.5, 0.6) is 0 Å². The first kappa shape index (κ1) is 17.3. The highest BCUT2D eigenvalue weighted by atomic mass is 32.2. The fourth-order valence-corrected chi connectivity index (χ4v) is 3.95. The first-order valence-electron chi connectivity index (χ1n) is 7.28. The van der Waals surface area contributed by atoms with Gasteiger partial charge in [0, 0.05) is 17.4 Å². The molecule has 0 amide bonds. The van der Waals surface area contributed by atoms with Gasteiger partial charge in [-0.1, -0.05) is 23.9 Å². The second kappa shape index (κ2) is 7.16. The van der Waals surface area contributed by atoms with Crippen LogP contribution in [-0.2, 0) is 0 Å². The number of hydrogen-bond donors (Lipinski definition) is 0. The molecular weight excluding hydrogens is 362 g/mol. The average Bonchev–Trinajstić information content (AvgIpc) is 3.21. The highest BCUT2D eigenvalue weighted by Crippen LogP contribution is 2.37. The molecule has 0 N–H and O–H groups in total. The Kier molecular flexibility index (Phi) is 4.95. The maximum Gasteiger partial charge on any atom is 0.277 e. The van der Waals surface area contributed by atoms with E-state index >= 15 is 0 Å². The molecule has 9 heteroatoms. The van der Waals surface area contributed by atoms with Crippen LogP contribution < -0.4 is 0 Å². The molecule has 2 heterocycles. The van der Waals surface area contributed by atoms with E-state index in [0.717, 1.165) is 22.3 Å². The molecule has 2 aromatic heterocycles. The predicted octanol–water partition coefficient (Wildman–Crippen LogP) is 4.68. The molecule has 1 unspecified atom stereocenters. The van der Waals surface area contributed by atoms with Gasteiger partial charge < -0.3 is 4.42 Å². The van der Waals surface area contributed by atoms with Crippen LogP contribution in [0, 0.1) is 17.0 Å². The number of aromatic nitrogens is 2. The molecule has 0 spiro atoms. The summed E-state index contributed by atoms with van der Waals surface area (Å²) in [6.07, 6.45) is 0.789. The monoisotopic (exact) mass is 375 g/mol. The third-order valence-electron chi connectivity index (χ3n) is 3.48. The number of carbonyl (C=O) groups excluding carboxylic acids is 1. The molecule has 0 aliphatic rings. The third kappa shape index (κ3) is 3.77. The minimum absolute atomic E-state index is 0.0479. The van der Waals surface area contributed by atoms with Gasteiger partial charge in [-0.2, -0.15) is 0 Å². The summed E-state index contributed by atoms with van der Waals surface area (Å²) < 4.78 is 5.68. The van der Waals surface area contributed by atoms with Crippen molar-refractivity contribution in [3.63, 3.8) is 0 Å². The van der Waals surface area contributed by atoms with Gasteiger partial charge in [0.1, 0.15) is 0 Å². The third-order valence-corrected chi connectivity index (χ3v) is 5.62. The minimum Gasteiger partial charge on any atom is -0.410 e. The number of nitrogens with zero attached hydrogens (tertiary/aromatic N) is 3. The van der Waals surface area contributed by atoms with Crippen LogP contribution >= 0.6 is 23.1 Å². The molecule has 1 atom stereocenters. The Hall–Kier alpha value is -2.52. The van der Waals surface area contributed by atoms with Gasteiger partial charge in [0.2, 0.25) is 0 Å². The van der Waals surface area contributed by atoms with Gasteiger partial charge in [0.05, 0.1) is 14.7 Å². The zero-order valence-electron chi connectivity index (χ0n) is 13.3. The van der Waals surface area contributed by atoms with Crippen molar-refractivity contribution in [1.82, 2.24) is 10.2 Å². The summed E-state index contributed by atoms with van der Waals surface area (Å²) in [6, 6.07) is 8.24. The number of benzene rings is 1. The Morgan fingerprint density at radius 2 is 2.16 bits per heavy atom. The van der Waals surface area contributed by atoms with Gasteiger partial charge in [-0.25, -0.2) is 0 Å². The standard InChI is InChI=1S/C16H13N3O4S2/c1-9-6-13(8-20)25-14(9)15-17-18-16(23-15)24-10(2)11-4-3-5-12(7-11)19(21)22/h3-8,10H,1-2H3. The number of non-ortho nitro benzene ring substituents is 1. The quantitative estimate of drug-likeness (QED) is 0.267. The van der Waals surface area contributed by atoms with E-state index in [0.29, 0.717) is 16.0 Å². The van der Waals surface area contributed by atoms with Crippen molar-refractivity contribution in [2.24, 2.45) is 0 Å². The van der Waals surface area contributed by atoms with Crippen molar-refractivity contribution in [2.75, 3.05) is 0 Å². The summed E-state index contributed by atoms with van der Waals surface area (Å²) in [5.41, 5.74) is 1.75. The lowest BCUT2D eigenvalue weighted by Crippen LogP contribution is -1.92. The Morgan fingerprint density at radius 1 is 1.36 bits per heavy atom. The maximum atomic E-state index is 10.9. The Labute approximate surface area is 151 Å². The van der Waals surface area contributed by atoms with E-state index in [-0.39, 0.29) is 10.9 Å². The van der Waals surface area contributed by atoms with Gasteiger partial charge in [0.25, 0.3) is 16.8 Å². The topological polar surface area (TPSA) is 99.1 Å². The smallest absolute Gasteiger partial charge is 0.277 e. The normalized spacial score (nSPS) is 12.1. The summed E-state index contributed by atoms with van der Waals surface area (Å²) in [5.74, 6) is 0.365. The van der Waals surface area contributed by atoms with Gasteiger partial charge in [-0.3, -0.25) is 14.9 Å². The molecule has 0 bridgehead atoms. The summed E-state index contributed by atoms with van der Waals surface area (Å²) in [6.45, 7) is 3.79. The fourth-order valence-electron chi connectivity index (χ4n) is 2.24. The molecule has 0 radical (unpaired) electrons. The summed E-state index contributed by atoms with van der Waals surface area (Å²) in [4.78, 5) is 22.7. The van der Waals surface area contributed by atoms with E-state index in [2.05, 4.69) is 10.2 Å². The molecule has 0 saturated heterocycles. The molecule has 3 aromatic rings. The second-order valence-corrected chi connectivity index (χ2v) is 7.64. The van der Waals surface area contributed by atoms with Crippen molar-refractivity contribution in [1.29, 1.82) is 0 Å². The zero-order chi connectivity index (χ0) is 18.0. The molecule has 0 saturated carbocycles. The van der Waals surface area contributed by atoms with E-state index in [1.807, 2.05) is 19.9 Å². The Morgan fingerprint density at radius 3 is 2.84 bits per heavy atom. The highest BCUT2D eigenvalue weighted by molar-refractivity contribution is 7.99. The molecule has 0 fully saturated rings. The number of thioether (sulfide) groups is 1. The molecular formula is C16H13N3O4S2. The minimum atomic E-state index is -0.421. The van der Waals surface area contributed by atoms with Crippen molar-refractivity contribution in [3.8, 4) is 10.8 Å². The number of carbonyl (C=O) groups is 1. The molecule has 0 aliphatic heterocycles. The predicted molar refractivity (Wildman–Crippen MR) is 95.1 cm³/mol. The van der Waals surface area contributed by atoms with Gasteiger partial charge in [-0.05, 0) is 31.0 Å². The van der Waals surface area contributed by atoms with Crippen LogP contribution in [0.2, 0.25) is 0 Å². The first-order valence-corrected chi connectivity index (χ1v) is 8.98. The van der Waals surface area contributed by atoms with Crippen molar-refractivity contribution >= 4 is 35.1 Å². The van der Waals surface area contributed by atoms with Crippen LogP contribution in [-0.4, -0.2) is 21.4 Å². The Bertz CT molecular complexity index is 935. The van der Waals surface area contributed by atoms with Gasteiger partial charge >= 0.3 is 0 Å². The average molecular weight is 375 g/mol. The van der Waals surface area contributed by atoms with E-state index in [1.54, 1.807) is 12.1 Å². The lowest BCUT2D eigenvalue weighted by atomic mass is 10.1. The van der Waals surface area contributed by atoms with E-state index in [9.17, 15) is 14.9 Å². The van der Waals surface area contributed by atoms with E-state index < -0.39 is 4.92 Å². The van der Waals surface area contributed by atoms with Crippen LogP contribution in [0.15, 0.2) is 40.0 Å². The molecule has 0 aliphatic carbocycles. The molecule has 1 aromatic carbocycles. The largest absolute Gasteiger partial charge is 0.410 e. The zero-order valence-corrected chi connectivity index (χ0v) is 15.0. The summed E-state index contributed by atoms with van der Waals surface area (Å²) >= 11 is 2.62.